The van der Waals surface area contributed by atoms with Crippen LogP contribution in [-0.4, -0.2) is 18.5 Å². The minimum Gasteiger partial charge on any atom is -0.350 e. The minimum atomic E-state index is -0.363. The van der Waals surface area contributed by atoms with Crippen LogP contribution in [0.25, 0.3) is 0 Å². The van der Waals surface area contributed by atoms with Crippen LogP contribution < -0.4 is 0 Å². The maximum Gasteiger partial charge on any atom is 0.163 e. The second kappa shape index (κ2) is 3.75. The molecule has 0 aromatic heterocycles. The average Bonchev–Trinajstić information content (AvgIpc) is 1.82. The Kier molecular flexibility index (Phi) is 3.13. The average molecular weight is 172 g/mol. The second-order valence-corrected chi connectivity index (χ2v) is 4.41. The lowest BCUT2D eigenvalue weighted by Gasteiger charge is -2.36. The van der Waals surface area contributed by atoms with Crippen molar-refractivity contribution >= 4 is 0 Å². The third-order valence-corrected chi connectivity index (χ3v) is 2.07. The molecule has 0 spiro atoms. The molecule has 0 saturated carbocycles. The monoisotopic (exact) mass is 172 g/mol. The molecule has 2 nitrogen and oxygen atoms in total. The molecule has 1 rings (SSSR count). The predicted molar refractivity (Wildman–Crippen MR) is 49.0 cm³/mol. The third kappa shape index (κ3) is 3.11. The van der Waals surface area contributed by atoms with E-state index in [1.807, 2.05) is 13.8 Å². The first kappa shape index (κ1) is 10.0. The number of rotatable bonds is 2. The Labute approximate surface area is 75.2 Å². The molecule has 0 aromatic rings. The summed E-state index contributed by atoms with van der Waals surface area (Å²) in [5.41, 5.74) is 0. The van der Waals surface area contributed by atoms with Crippen LogP contribution >= 0.6 is 0 Å². The molecule has 12 heavy (non-hydrogen) atoms. The van der Waals surface area contributed by atoms with Gasteiger partial charge < -0.3 is 9.47 Å². The molecule has 1 atom stereocenters. The largest absolute Gasteiger partial charge is 0.350 e. The molecule has 72 valence electrons. The van der Waals surface area contributed by atoms with Crippen LogP contribution in [0.5, 0.6) is 0 Å². The molecule has 1 heterocycles. The van der Waals surface area contributed by atoms with Crippen LogP contribution in [0.15, 0.2) is 0 Å². The van der Waals surface area contributed by atoms with E-state index in [-0.39, 0.29) is 5.79 Å². The molecule has 1 aliphatic rings. The van der Waals surface area contributed by atoms with E-state index in [0.717, 1.165) is 19.4 Å². The van der Waals surface area contributed by atoms with Crippen LogP contribution in [-0.2, 0) is 9.47 Å². The van der Waals surface area contributed by atoms with Crippen molar-refractivity contribution in [2.45, 2.75) is 52.4 Å². The highest BCUT2D eigenvalue weighted by atomic mass is 16.7. The van der Waals surface area contributed by atoms with Crippen LogP contribution in [0.1, 0.15) is 40.5 Å². The predicted octanol–water partition coefficient (Wildman–Crippen LogP) is 2.57. The van der Waals surface area contributed by atoms with Crippen molar-refractivity contribution in [2.75, 3.05) is 6.61 Å². The van der Waals surface area contributed by atoms with E-state index < -0.39 is 0 Å². The van der Waals surface area contributed by atoms with Gasteiger partial charge in [0.15, 0.2) is 5.79 Å². The maximum atomic E-state index is 5.76. The molecule has 1 unspecified atom stereocenters. The van der Waals surface area contributed by atoms with Gasteiger partial charge in [0.05, 0.1) is 12.7 Å². The van der Waals surface area contributed by atoms with Crippen molar-refractivity contribution in [1.29, 1.82) is 0 Å². The molecule has 2 heteroatoms. The summed E-state index contributed by atoms with van der Waals surface area (Å²) >= 11 is 0. The lowest BCUT2D eigenvalue weighted by molar-refractivity contribution is -0.275. The van der Waals surface area contributed by atoms with Crippen molar-refractivity contribution < 1.29 is 9.47 Å². The van der Waals surface area contributed by atoms with Gasteiger partial charge >= 0.3 is 0 Å². The summed E-state index contributed by atoms with van der Waals surface area (Å²) in [6.07, 6.45) is 2.59. The summed E-state index contributed by atoms with van der Waals surface area (Å²) in [6.45, 7) is 9.26. The topological polar surface area (TPSA) is 18.5 Å². The SMILES string of the molecule is CC(C)CC1CCOC(C)(C)O1. The summed E-state index contributed by atoms with van der Waals surface area (Å²) in [6, 6.07) is 0. The lowest BCUT2D eigenvalue weighted by Crippen LogP contribution is -2.40. The van der Waals surface area contributed by atoms with Crippen molar-refractivity contribution in [3.8, 4) is 0 Å². The van der Waals surface area contributed by atoms with Gasteiger partial charge in [0.25, 0.3) is 0 Å². The van der Waals surface area contributed by atoms with Gasteiger partial charge in [-0.25, -0.2) is 0 Å². The molecule has 1 saturated heterocycles. The normalized spacial score (nSPS) is 29.2. The fraction of sp³-hybridized carbons (Fsp3) is 1.00. The highest BCUT2D eigenvalue weighted by Gasteiger charge is 2.29. The first-order valence-electron chi connectivity index (χ1n) is 4.81. The Balaban J connectivity index is 2.36. The molecule has 1 fully saturated rings. The van der Waals surface area contributed by atoms with Crippen molar-refractivity contribution in [2.24, 2.45) is 5.92 Å². The Morgan fingerprint density at radius 2 is 2.08 bits per heavy atom. The Morgan fingerprint density at radius 1 is 1.42 bits per heavy atom. The third-order valence-electron chi connectivity index (χ3n) is 2.07. The van der Waals surface area contributed by atoms with Gasteiger partial charge in [0.1, 0.15) is 0 Å². The van der Waals surface area contributed by atoms with Crippen LogP contribution in [0.2, 0.25) is 0 Å². The fourth-order valence-electron chi connectivity index (χ4n) is 1.62. The summed E-state index contributed by atoms with van der Waals surface area (Å²) in [4.78, 5) is 0. The molecule has 0 bridgehead atoms. The Morgan fingerprint density at radius 3 is 2.58 bits per heavy atom. The van der Waals surface area contributed by atoms with Gasteiger partial charge in [-0.2, -0.15) is 0 Å². The Bertz CT molecular complexity index is 141. The molecule has 0 amide bonds. The summed E-state index contributed by atoms with van der Waals surface area (Å²) in [7, 11) is 0. The van der Waals surface area contributed by atoms with Gasteiger partial charge in [-0.05, 0) is 32.6 Å². The van der Waals surface area contributed by atoms with E-state index in [4.69, 9.17) is 9.47 Å². The van der Waals surface area contributed by atoms with Crippen molar-refractivity contribution in [3.63, 3.8) is 0 Å². The lowest BCUT2D eigenvalue weighted by atomic mass is 10.0. The highest BCUT2D eigenvalue weighted by molar-refractivity contribution is 4.69. The number of hydrogen-bond donors (Lipinski definition) is 0. The molecule has 0 aromatic carbocycles. The van der Waals surface area contributed by atoms with Crippen molar-refractivity contribution in [1.82, 2.24) is 0 Å². The van der Waals surface area contributed by atoms with Gasteiger partial charge in [0.2, 0.25) is 0 Å². The summed E-state index contributed by atoms with van der Waals surface area (Å²) in [5, 5.41) is 0. The van der Waals surface area contributed by atoms with Gasteiger partial charge in [-0.15, -0.1) is 0 Å². The molecule has 0 radical (unpaired) electrons. The smallest absolute Gasteiger partial charge is 0.163 e. The van der Waals surface area contributed by atoms with Crippen LogP contribution in [0.4, 0.5) is 0 Å². The van der Waals surface area contributed by atoms with Crippen LogP contribution in [0, 0.1) is 5.92 Å². The molecule has 0 aliphatic carbocycles. The van der Waals surface area contributed by atoms with E-state index >= 15 is 0 Å². The van der Waals surface area contributed by atoms with Gasteiger partial charge in [-0.3, -0.25) is 0 Å². The minimum absolute atomic E-state index is 0.363. The van der Waals surface area contributed by atoms with E-state index in [1.54, 1.807) is 0 Å². The first-order valence-corrected chi connectivity index (χ1v) is 4.81. The zero-order chi connectivity index (χ0) is 9.19. The number of hydrogen-bond acceptors (Lipinski definition) is 2. The van der Waals surface area contributed by atoms with E-state index in [9.17, 15) is 0 Å². The van der Waals surface area contributed by atoms with Crippen molar-refractivity contribution in [3.05, 3.63) is 0 Å². The zero-order valence-corrected chi connectivity index (χ0v) is 8.59. The van der Waals surface area contributed by atoms with Gasteiger partial charge in [-0.1, -0.05) is 13.8 Å². The molecular weight excluding hydrogens is 152 g/mol. The highest BCUT2D eigenvalue weighted by Crippen LogP contribution is 2.25. The summed E-state index contributed by atoms with van der Waals surface area (Å²) < 4.78 is 11.2. The first-order chi connectivity index (χ1) is 5.49. The molecular formula is C10H20O2. The zero-order valence-electron chi connectivity index (χ0n) is 8.59. The van der Waals surface area contributed by atoms with Gasteiger partial charge in [0, 0.05) is 0 Å². The number of ether oxygens (including phenoxy) is 2. The fourth-order valence-corrected chi connectivity index (χ4v) is 1.62. The maximum absolute atomic E-state index is 5.76. The second-order valence-electron chi connectivity index (χ2n) is 4.41. The summed E-state index contributed by atoms with van der Waals surface area (Å²) in [5.74, 6) is 0.349. The standard InChI is InChI=1S/C10H20O2/c1-8(2)7-9-5-6-11-10(3,4)12-9/h8-9H,5-7H2,1-4H3. The quantitative estimate of drug-likeness (QED) is 0.637. The molecule has 1 aliphatic heterocycles. The Hall–Kier alpha value is -0.0800. The molecule has 0 N–H and O–H groups in total. The van der Waals surface area contributed by atoms with E-state index in [1.165, 1.54) is 0 Å². The van der Waals surface area contributed by atoms with E-state index in [0.29, 0.717) is 12.0 Å². The van der Waals surface area contributed by atoms with E-state index in [2.05, 4.69) is 13.8 Å². The van der Waals surface area contributed by atoms with Crippen LogP contribution in [0.3, 0.4) is 0 Å².